The molecule has 0 saturated heterocycles. The van der Waals surface area contributed by atoms with Crippen LogP contribution in [0.25, 0.3) is 0 Å². The van der Waals surface area contributed by atoms with E-state index in [1.54, 1.807) is 11.3 Å². The van der Waals surface area contributed by atoms with Crippen LogP contribution < -0.4 is 11.1 Å². The quantitative estimate of drug-likeness (QED) is 0.821. The Hall–Kier alpha value is -1.33. The Morgan fingerprint density at radius 2 is 2.11 bits per heavy atom. The first-order valence-corrected chi connectivity index (χ1v) is 7.66. The van der Waals surface area contributed by atoms with E-state index < -0.39 is 0 Å². The molecule has 0 aliphatic heterocycles. The number of halogens is 1. The van der Waals surface area contributed by atoms with Crippen LogP contribution in [-0.2, 0) is 17.8 Å². The van der Waals surface area contributed by atoms with Crippen LogP contribution in [-0.4, -0.2) is 5.91 Å². The molecule has 3 nitrogen and oxygen atoms in total. The molecular weight excluding hydrogens is 324 g/mol. The lowest BCUT2D eigenvalue weighted by Crippen LogP contribution is -2.22. The number of nitrogen functional groups attached to an aromatic ring is 1. The van der Waals surface area contributed by atoms with E-state index in [0.29, 0.717) is 19.4 Å². The first-order valence-electron chi connectivity index (χ1n) is 5.99. The van der Waals surface area contributed by atoms with Crippen molar-refractivity contribution in [3.63, 3.8) is 0 Å². The summed E-state index contributed by atoms with van der Waals surface area (Å²) in [6, 6.07) is 9.63. The van der Waals surface area contributed by atoms with Crippen molar-refractivity contribution >= 4 is 38.9 Å². The number of thiophene rings is 1. The summed E-state index contributed by atoms with van der Waals surface area (Å²) in [5.41, 5.74) is 7.61. The van der Waals surface area contributed by atoms with Crippen molar-refractivity contribution in [1.82, 2.24) is 5.32 Å². The highest BCUT2D eigenvalue weighted by Crippen LogP contribution is 2.22. The van der Waals surface area contributed by atoms with Gasteiger partial charge in [0.1, 0.15) is 0 Å². The molecule has 1 aromatic carbocycles. The minimum atomic E-state index is 0.0450. The molecule has 1 heterocycles. The van der Waals surface area contributed by atoms with E-state index in [2.05, 4.69) is 21.2 Å². The van der Waals surface area contributed by atoms with E-state index in [4.69, 9.17) is 5.73 Å². The SMILES string of the molecule is Nc1ccccc1CCC(=O)NCc1sccc1Br. The van der Waals surface area contributed by atoms with Gasteiger partial charge in [-0.05, 0) is 45.4 Å². The topological polar surface area (TPSA) is 55.1 Å². The number of carbonyl (C=O) groups excluding carboxylic acids is 1. The van der Waals surface area contributed by atoms with Crippen LogP contribution in [0.4, 0.5) is 5.69 Å². The number of rotatable bonds is 5. The third-order valence-electron chi connectivity index (χ3n) is 2.81. The normalized spacial score (nSPS) is 10.4. The fraction of sp³-hybridized carbons (Fsp3) is 0.214. The highest BCUT2D eigenvalue weighted by Gasteiger charge is 2.06. The van der Waals surface area contributed by atoms with Crippen molar-refractivity contribution in [3.05, 3.63) is 50.6 Å². The average molecular weight is 339 g/mol. The predicted octanol–water partition coefficient (Wildman–Crippen LogP) is 3.34. The number of carbonyl (C=O) groups is 1. The van der Waals surface area contributed by atoms with Gasteiger partial charge in [-0.3, -0.25) is 4.79 Å². The van der Waals surface area contributed by atoms with Crippen LogP contribution in [0.1, 0.15) is 16.9 Å². The van der Waals surface area contributed by atoms with Gasteiger partial charge in [0.25, 0.3) is 0 Å². The smallest absolute Gasteiger partial charge is 0.220 e. The summed E-state index contributed by atoms with van der Waals surface area (Å²) in [6.45, 7) is 0.571. The van der Waals surface area contributed by atoms with Crippen molar-refractivity contribution in [3.8, 4) is 0 Å². The van der Waals surface area contributed by atoms with Crippen molar-refractivity contribution in [2.45, 2.75) is 19.4 Å². The van der Waals surface area contributed by atoms with Crippen molar-refractivity contribution in [2.24, 2.45) is 0 Å². The van der Waals surface area contributed by atoms with Crippen LogP contribution in [0.3, 0.4) is 0 Å². The molecule has 3 N–H and O–H groups in total. The van der Waals surface area contributed by atoms with Gasteiger partial charge in [-0.2, -0.15) is 0 Å². The molecule has 0 atom stereocenters. The van der Waals surface area contributed by atoms with Gasteiger partial charge in [0, 0.05) is 21.5 Å². The van der Waals surface area contributed by atoms with Gasteiger partial charge in [-0.1, -0.05) is 18.2 Å². The molecular formula is C14H15BrN2OS. The molecule has 0 saturated carbocycles. The molecule has 5 heteroatoms. The minimum absolute atomic E-state index is 0.0450. The first kappa shape index (κ1) is 14.1. The van der Waals surface area contributed by atoms with E-state index in [0.717, 1.165) is 20.6 Å². The summed E-state index contributed by atoms with van der Waals surface area (Å²) < 4.78 is 1.05. The van der Waals surface area contributed by atoms with Gasteiger partial charge in [0.05, 0.1) is 6.54 Å². The zero-order valence-corrected chi connectivity index (χ0v) is 12.8. The summed E-state index contributed by atoms with van der Waals surface area (Å²) in [5, 5.41) is 4.91. The molecule has 1 amide bonds. The zero-order chi connectivity index (χ0) is 13.7. The van der Waals surface area contributed by atoms with E-state index >= 15 is 0 Å². The van der Waals surface area contributed by atoms with Crippen LogP contribution in [0.5, 0.6) is 0 Å². The molecule has 0 fully saturated rings. The lowest BCUT2D eigenvalue weighted by Gasteiger charge is -2.06. The van der Waals surface area contributed by atoms with Crippen LogP contribution in [0.15, 0.2) is 40.2 Å². The molecule has 2 rings (SSSR count). The standard InChI is InChI=1S/C14H15BrN2OS/c15-11-7-8-19-13(11)9-17-14(18)6-5-10-3-1-2-4-12(10)16/h1-4,7-8H,5-6,9,16H2,(H,17,18). The Bertz CT molecular complexity index is 568. The van der Waals surface area contributed by atoms with Gasteiger partial charge in [-0.25, -0.2) is 0 Å². The van der Waals surface area contributed by atoms with Crippen molar-refractivity contribution in [2.75, 3.05) is 5.73 Å². The summed E-state index contributed by atoms with van der Waals surface area (Å²) in [6.07, 6.45) is 1.13. The number of aryl methyl sites for hydroxylation is 1. The maximum Gasteiger partial charge on any atom is 0.220 e. The second-order valence-corrected chi connectivity index (χ2v) is 6.02. The average Bonchev–Trinajstić information content (AvgIpc) is 2.81. The molecule has 0 radical (unpaired) electrons. The summed E-state index contributed by atoms with van der Waals surface area (Å²) in [4.78, 5) is 12.9. The molecule has 0 aliphatic rings. The monoisotopic (exact) mass is 338 g/mol. The Kier molecular flexibility index (Phi) is 4.99. The highest BCUT2D eigenvalue weighted by atomic mass is 79.9. The van der Waals surface area contributed by atoms with Crippen molar-refractivity contribution in [1.29, 1.82) is 0 Å². The maximum absolute atomic E-state index is 11.8. The third kappa shape index (κ3) is 4.08. The maximum atomic E-state index is 11.8. The van der Waals surface area contributed by atoms with Crippen LogP contribution >= 0.6 is 27.3 Å². The van der Waals surface area contributed by atoms with E-state index in [-0.39, 0.29) is 5.91 Å². The number of para-hydroxylation sites is 1. The van der Waals surface area contributed by atoms with Gasteiger partial charge in [0.15, 0.2) is 0 Å². The molecule has 19 heavy (non-hydrogen) atoms. The number of hydrogen-bond acceptors (Lipinski definition) is 3. The van der Waals surface area contributed by atoms with Crippen LogP contribution in [0, 0.1) is 0 Å². The second kappa shape index (κ2) is 6.73. The molecule has 100 valence electrons. The summed E-state index contributed by atoms with van der Waals surface area (Å²) in [5.74, 6) is 0.0450. The van der Waals surface area contributed by atoms with E-state index in [9.17, 15) is 4.79 Å². The summed E-state index contributed by atoms with van der Waals surface area (Å²) in [7, 11) is 0. The molecule has 1 aromatic heterocycles. The number of nitrogens with one attached hydrogen (secondary N) is 1. The number of nitrogens with two attached hydrogens (primary N) is 1. The minimum Gasteiger partial charge on any atom is -0.399 e. The van der Waals surface area contributed by atoms with Gasteiger partial charge < -0.3 is 11.1 Å². The largest absolute Gasteiger partial charge is 0.399 e. The predicted molar refractivity (Wildman–Crippen MR) is 83.0 cm³/mol. The number of amides is 1. The second-order valence-electron chi connectivity index (χ2n) is 4.17. The third-order valence-corrected chi connectivity index (χ3v) is 4.74. The molecule has 0 bridgehead atoms. The fourth-order valence-electron chi connectivity index (χ4n) is 1.73. The lowest BCUT2D eigenvalue weighted by atomic mass is 10.1. The van der Waals surface area contributed by atoms with Gasteiger partial charge in [-0.15, -0.1) is 11.3 Å². The molecule has 0 spiro atoms. The number of anilines is 1. The van der Waals surface area contributed by atoms with Gasteiger partial charge >= 0.3 is 0 Å². The lowest BCUT2D eigenvalue weighted by molar-refractivity contribution is -0.121. The van der Waals surface area contributed by atoms with Crippen molar-refractivity contribution < 1.29 is 4.79 Å². The molecule has 0 aliphatic carbocycles. The zero-order valence-electron chi connectivity index (χ0n) is 10.4. The van der Waals surface area contributed by atoms with E-state index in [1.807, 2.05) is 35.7 Å². The molecule has 0 unspecified atom stereocenters. The van der Waals surface area contributed by atoms with E-state index in [1.165, 1.54) is 0 Å². The van der Waals surface area contributed by atoms with Gasteiger partial charge in [0.2, 0.25) is 5.91 Å². The van der Waals surface area contributed by atoms with Crippen LogP contribution in [0.2, 0.25) is 0 Å². The number of benzene rings is 1. The Balaban J connectivity index is 1.79. The fourth-order valence-corrected chi connectivity index (χ4v) is 3.16. The summed E-state index contributed by atoms with van der Waals surface area (Å²) >= 11 is 5.07. The number of hydrogen-bond donors (Lipinski definition) is 2. The Labute approximate surface area is 125 Å². The highest BCUT2D eigenvalue weighted by molar-refractivity contribution is 9.10. The molecule has 2 aromatic rings. The first-order chi connectivity index (χ1) is 9.16. The Morgan fingerprint density at radius 3 is 2.79 bits per heavy atom. The Morgan fingerprint density at radius 1 is 1.32 bits per heavy atom.